The van der Waals surface area contributed by atoms with Crippen LogP contribution in [0.2, 0.25) is 0 Å². The molecule has 1 atom stereocenters. The fourth-order valence-electron chi connectivity index (χ4n) is 0.710. The summed E-state index contributed by atoms with van der Waals surface area (Å²) in [5.41, 5.74) is 0. The number of carbonyl (C=O) groups is 2. The molecule has 11 heavy (non-hydrogen) atoms. The predicted molar refractivity (Wildman–Crippen MR) is 47.6 cm³/mol. The van der Waals surface area contributed by atoms with Gasteiger partial charge in [0.25, 0.3) is 0 Å². The SMILES string of the molecule is CCC(C)(SC(C)=O)C(C)=O. The number of ketones is 1. The van der Waals surface area contributed by atoms with E-state index in [2.05, 4.69) is 0 Å². The second-order valence-electron chi connectivity index (χ2n) is 2.73. The molecule has 0 N–H and O–H groups in total. The van der Waals surface area contributed by atoms with Gasteiger partial charge in [-0.05, 0) is 20.3 Å². The van der Waals surface area contributed by atoms with Crippen molar-refractivity contribution in [1.29, 1.82) is 0 Å². The Bertz CT molecular complexity index is 177. The van der Waals surface area contributed by atoms with E-state index >= 15 is 0 Å². The Morgan fingerprint density at radius 3 is 1.91 bits per heavy atom. The number of carbonyl (C=O) groups excluding carboxylic acids is 2. The molecule has 0 bridgehead atoms. The summed E-state index contributed by atoms with van der Waals surface area (Å²) in [6, 6.07) is 0. The number of hydrogen-bond acceptors (Lipinski definition) is 3. The van der Waals surface area contributed by atoms with E-state index in [0.29, 0.717) is 6.42 Å². The Morgan fingerprint density at radius 2 is 1.82 bits per heavy atom. The first kappa shape index (κ1) is 10.7. The zero-order chi connectivity index (χ0) is 9.07. The van der Waals surface area contributed by atoms with Crippen LogP contribution in [0.4, 0.5) is 0 Å². The van der Waals surface area contributed by atoms with Crippen LogP contribution in [-0.2, 0) is 9.59 Å². The molecule has 0 rings (SSSR count). The maximum absolute atomic E-state index is 11.1. The van der Waals surface area contributed by atoms with Gasteiger partial charge < -0.3 is 0 Å². The van der Waals surface area contributed by atoms with E-state index in [4.69, 9.17) is 0 Å². The van der Waals surface area contributed by atoms with Gasteiger partial charge >= 0.3 is 0 Å². The minimum atomic E-state index is -0.508. The Labute approximate surface area is 71.7 Å². The van der Waals surface area contributed by atoms with Crippen LogP contribution in [0.15, 0.2) is 0 Å². The van der Waals surface area contributed by atoms with Crippen LogP contribution in [0.25, 0.3) is 0 Å². The van der Waals surface area contributed by atoms with Gasteiger partial charge in [-0.3, -0.25) is 9.59 Å². The number of Topliss-reactive ketones (excluding diaryl/α,β-unsaturated/α-hetero) is 1. The molecule has 2 nitrogen and oxygen atoms in total. The minimum Gasteiger partial charge on any atom is -0.298 e. The summed E-state index contributed by atoms with van der Waals surface area (Å²) in [5, 5.41) is 0.00421. The summed E-state index contributed by atoms with van der Waals surface area (Å²) in [4.78, 5) is 21.8. The van der Waals surface area contributed by atoms with E-state index in [1.165, 1.54) is 13.8 Å². The maximum Gasteiger partial charge on any atom is 0.186 e. The zero-order valence-corrected chi connectivity index (χ0v) is 8.25. The lowest BCUT2D eigenvalue weighted by atomic mass is 10.0. The summed E-state index contributed by atoms with van der Waals surface area (Å²) < 4.78 is -0.508. The second-order valence-corrected chi connectivity index (χ2v) is 4.41. The van der Waals surface area contributed by atoms with E-state index in [9.17, 15) is 9.59 Å². The van der Waals surface area contributed by atoms with Gasteiger partial charge in [0.1, 0.15) is 5.78 Å². The maximum atomic E-state index is 11.1. The Balaban J connectivity index is 4.34. The minimum absolute atomic E-state index is 0.00421. The van der Waals surface area contributed by atoms with Crippen LogP contribution in [0.1, 0.15) is 34.1 Å². The lowest BCUT2D eigenvalue weighted by molar-refractivity contribution is -0.119. The molecule has 0 radical (unpaired) electrons. The fraction of sp³-hybridized carbons (Fsp3) is 0.750. The third-order valence-electron chi connectivity index (χ3n) is 1.79. The molecule has 0 saturated carbocycles. The molecule has 0 saturated heterocycles. The Hall–Kier alpha value is -0.310. The highest BCUT2D eigenvalue weighted by atomic mass is 32.2. The smallest absolute Gasteiger partial charge is 0.186 e. The van der Waals surface area contributed by atoms with Crippen molar-refractivity contribution >= 4 is 22.7 Å². The van der Waals surface area contributed by atoms with Crippen molar-refractivity contribution in [3.05, 3.63) is 0 Å². The van der Waals surface area contributed by atoms with Crippen molar-refractivity contribution in [1.82, 2.24) is 0 Å². The van der Waals surface area contributed by atoms with Gasteiger partial charge in [0.15, 0.2) is 5.12 Å². The van der Waals surface area contributed by atoms with Crippen molar-refractivity contribution in [2.24, 2.45) is 0 Å². The van der Waals surface area contributed by atoms with E-state index < -0.39 is 4.75 Å². The molecule has 0 spiro atoms. The Morgan fingerprint density at radius 1 is 1.36 bits per heavy atom. The molecule has 1 unspecified atom stereocenters. The quantitative estimate of drug-likeness (QED) is 0.656. The van der Waals surface area contributed by atoms with Crippen LogP contribution < -0.4 is 0 Å². The van der Waals surface area contributed by atoms with Crippen LogP contribution in [-0.4, -0.2) is 15.6 Å². The number of thioether (sulfide) groups is 1. The van der Waals surface area contributed by atoms with E-state index in [1.54, 1.807) is 6.92 Å². The van der Waals surface area contributed by atoms with Crippen molar-refractivity contribution in [3.63, 3.8) is 0 Å². The Kier molecular flexibility index (Phi) is 3.79. The summed E-state index contributed by atoms with van der Waals surface area (Å²) in [6.07, 6.45) is 0.701. The topological polar surface area (TPSA) is 34.1 Å². The van der Waals surface area contributed by atoms with Gasteiger partial charge in [-0.2, -0.15) is 0 Å². The van der Waals surface area contributed by atoms with E-state index in [0.717, 1.165) is 11.8 Å². The molecule has 0 aromatic carbocycles. The second kappa shape index (κ2) is 3.90. The summed E-state index contributed by atoms with van der Waals surface area (Å²) in [5.74, 6) is 0.0696. The largest absolute Gasteiger partial charge is 0.298 e. The highest BCUT2D eigenvalue weighted by Crippen LogP contribution is 2.29. The van der Waals surface area contributed by atoms with Crippen LogP contribution in [0.5, 0.6) is 0 Å². The lowest BCUT2D eigenvalue weighted by Gasteiger charge is -2.21. The number of hydrogen-bond donors (Lipinski definition) is 0. The first-order valence-corrected chi connectivity index (χ1v) is 4.44. The summed E-state index contributed by atoms with van der Waals surface area (Å²) in [6.45, 7) is 6.74. The fourth-order valence-corrected chi connectivity index (χ4v) is 1.63. The molecular weight excluding hydrogens is 160 g/mol. The molecule has 64 valence electrons. The monoisotopic (exact) mass is 174 g/mol. The van der Waals surface area contributed by atoms with Gasteiger partial charge in [-0.15, -0.1) is 0 Å². The molecule has 0 aromatic rings. The van der Waals surface area contributed by atoms with Crippen LogP contribution >= 0.6 is 11.8 Å². The average Bonchev–Trinajstić information content (AvgIpc) is 1.86. The van der Waals surface area contributed by atoms with Crippen molar-refractivity contribution in [2.45, 2.75) is 38.9 Å². The molecule has 0 aliphatic rings. The molecule has 0 aliphatic carbocycles. The third kappa shape index (κ3) is 3.06. The van der Waals surface area contributed by atoms with Crippen molar-refractivity contribution < 1.29 is 9.59 Å². The van der Waals surface area contributed by atoms with Gasteiger partial charge in [-0.25, -0.2) is 0 Å². The molecule has 0 aromatic heterocycles. The molecular formula is C8H14O2S. The highest BCUT2D eigenvalue weighted by molar-refractivity contribution is 8.15. The van der Waals surface area contributed by atoms with Crippen molar-refractivity contribution in [3.8, 4) is 0 Å². The normalized spacial score (nSPS) is 15.6. The number of rotatable bonds is 3. The van der Waals surface area contributed by atoms with Crippen LogP contribution in [0, 0.1) is 0 Å². The standard InChI is InChI=1S/C8H14O2S/c1-5-8(4,6(2)9)11-7(3)10/h5H2,1-4H3. The predicted octanol–water partition coefficient (Wildman–Crippen LogP) is 2.02. The highest BCUT2D eigenvalue weighted by Gasteiger charge is 2.29. The molecule has 0 amide bonds. The van der Waals surface area contributed by atoms with E-state index in [1.807, 2.05) is 6.92 Å². The van der Waals surface area contributed by atoms with E-state index in [-0.39, 0.29) is 10.9 Å². The van der Waals surface area contributed by atoms with Gasteiger partial charge in [0.2, 0.25) is 0 Å². The lowest BCUT2D eigenvalue weighted by Crippen LogP contribution is -2.29. The first-order chi connectivity index (χ1) is 4.92. The first-order valence-electron chi connectivity index (χ1n) is 3.63. The van der Waals surface area contributed by atoms with Gasteiger partial charge in [0.05, 0.1) is 4.75 Å². The van der Waals surface area contributed by atoms with Gasteiger partial charge in [-0.1, -0.05) is 18.7 Å². The van der Waals surface area contributed by atoms with Crippen LogP contribution in [0.3, 0.4) is 0 Å². The third-order valence-corrected chi connectivity index (χ3v) is 3.10. The molecule has 3 heteroatoms. The zero-order valence-electron chi connectivity index (χ0n) is 7.43. The molecule has 0 aliphatic heterocycles. The average molecular weight is 174 g/mol. The van der Waals surface area contributed by atoms with Crippen molar-refractivity contribution in [2.75, 3.05) is 0 Å². The van der Waals surface area contributed by atoms with Gasteiger partial charge in [0, 0.05) is 6.92 Å². The molecule has 0 heterocycles. The summed E-state index contributed by atoms with van der Waals surface area (Å²) >= 11 is 1.12. The summed E-state index contributed by atoms with van der Waals surface area (Å²) in [7, 11) is 0. The molecule has 0 fully saturated rings.